The van der Waals surface area contributed by atoms with Crippen molar-refractivity contribution in [3.63, 3.8) is 0 Å². The van der Waals surface area contributed by atoms with Crippen molar-refractivity contribution < 1.29 is 19.0 Å². The van der Waals surface area contributed by atoms with Crippen molar-refractivity contribution in [3.8, 4) is 0 Å². The smallest absolute Gasteiger partial charge is 0.306 e. The Morgan fingerprint density at radius 2 is 1.46 bits per heavy atom. The third kappa shape index (κ3) is 10.8. The fourth-order valence-electron chi connectivity index (χ4n) is 2.88. The van der Waals surface area contributed by atoms with E-state index in [0.717, 1.165) is 12.8 Å². The lowest BCUT2D eigenvalue weighted by molar-refractivity contribution is -0.143. The lowest BCUT2D eigenvalue weighted by atomic mass is 10.1. The van der Waals surface area contributed by atoms with E-state index in [9.17, 15) is 14.3 Å². The van der Waals surface area contributed by atoms with Gasteiger partial charge in [0.1, 0.15) is 0 Å². The third-order valence-electron chi connectivity index (χ3n) is 4.54. The molecule has 0 fully saturated rings. The van der Waals surface area contributed by atoms with Gasteiger partial charge in [0.15, 0.2) is 0 Å². The molecule has 1 N–H and O–H groups in total. The van der Waals surface area contributed by atoms with Gasteiger partial charge in [-0.05, 0) is 18.6 Å². The molecule has 0 aliphatic carbocycles. The summed E-state index contributed by atoms with van der Waals surface area (Å²) in [4.78, 5) is 21.8. The Bertz CT molecular complexity index is 530. The first-order valence-electron chi connectivity index (χ1n) is 10.1. The Hall–Kier alpha value is -1.12. The predicted molar refractivity (Wildman–Crippen MR) is 108 cm³/mol. The van der Waals surface area contributed by atoms with Crippen molar-refractivity contribution >= 4 is 18.6 Å². The molecule has 1 atom stereocenters. The standard InChI is InChI=1S/C21H35O4P/c1-2-3-4-5-6-7-8-9-10-14-18-25-21(22)17-19-26(23,24)20-15-12-11-13-16-20/h11-13,15-16H,2-10,14,17-19H2,1H3,(H,23,24). The van der Waals surface area contributed by atoms with Crippen molar-refractivity contribution in [2.24, 2.45) is 0 Å². The maximum Gasteiger partial charge on any atom is 0.306 e. The van der Waals surface area contributed by atoms with Gasteiger partial charge in [-0.25, -0.2) is 0 Å². The Kier molecular flexibility index (Phi) is 12.3. The minimum Gasteiger partial charge on any atom is -0.466 e. The average Bonchev–Trinajstić information content (AvgIpc) is 2.65. The normalized spacial score (nSPS) is 13.3. The molecule has 0 saturated heterocycles. The summed E-state index contributed by atoms with van der Waals surface area (Å²) in [6.45, 7) is 2.65. The summed E-state index contributed by atoms with van der Waals surface area (Å²) in [5.74, 6) is -0.383. The second-order valence-corrected chi connectivity index (χ2v) is 9.28. The lowest BCUT2D eigenvalue weighted by Gasteiger charge is -2.11. The van der Waals surface area contributed by atoms with Crippen molar-refractivity contribution in [1.29, 1.82) is 0 Å². The van der Waals surface area contributed by atoms with Crippen LogP contribution in [0.15, 0.2) is 30.3 Å². The van der Waals surface area contributed by atoms with E-state index in [1.54, 1.807) is 30.3 Å². The first kappa shape index (κ1) is 22.9. The van der Waals surface area contributed by atoms with Crippen LogP contribution >= 0.6 is 7.37 Å². The van der Waals surface area contributed by atoms with Crippen LogP contribution in [0.2, 0.25) is 0 Å². The summed E-state index contributed by atoms with van der Waals surface area (Å²) in [6, 6.07) is 8.49. The van der Waals surface area contributed by atoms with Gasteiger partial charge in [0, 0.05) is 11.5 Å². The highest BCUT2D eigenvalue weighted by molar-refractivity contribution is 7.66. The highest BCUT2D eigenvalue weighted by Crippen LogP contribution is 2.39. The molecule has 1 unspecified atom stereocenters. The third-order valence-corrected chi connectivity index (χ3v) is 6.47. The van der Waals surface area contributed by atoms with Gasteiger partial charge in [0.25, 0.3) is 0 Å². The van der Waals surface area contributed by atoms with Gasteiger partial charge in [-0.2, -0.15) is 0 Å². The Morgan fingerprint density at radius 1 is 0.923 bits per heavy atom. The molecule has 4 nitrogen and oxygen atoms in total. The number of rotatable bonds is 15. The molecule has 26 heavy (non-hydrogen) atoms. The minimum atomic E-state index is -3.47. The van der Waals surface area contributed by atoms with Gasteiger partial charge < -0.3 is 9.63 Å². The molecule has 0 amide bonds. The second-order valence-electron chi connectivity index (χ2n) is 6.91. The summed E-state index contributed by atoms with van der Waals surface area (Å²) in [6.07, 6.45) is 12.3. The Balaban J connectivity index is 2.00. The van der Waals surface area contributed by atoms with Crippen LogP contribution in [0.5, 0.6) is 0 Å². The molecule has 1 aromatic carbocycles. The van der Waals surface area contributed by atoms with E-state index in [1.165, 1.54) is 51.4 Å². The zero-order chi connectivity index (χ0) is 19.1. The van der Waals surface area contributed by atoms with Gasteiger partial charge in [0.05, 0.1) is 13.0 Å². The molecule has 0 bridgehead atoms. The summed E-state index contributed by atoms with van der Waals surface area (Å²) in [7, 11) is -3.47. The zero-order valence-electron chi connectivity index (χ0n) is 16.2. The SMILES string of the molecule is CCCCCCCCCCCCOC(=O)CCP(=O)(O)c1ccccc1. The Labute approximate surface area is 158 Å². The molecular weight excluding hydrogens is 347 g/mol. The maximum absolute atomic E-state index is 12.2. The van der Waals surface area contributed by atoms with Gasteiger partial charge in [-0.3, -0.25) is 9.36 Å². The van der Waals surface area contributed by atoms with E-state index in [1.807, 2.05) is 0 Å². The molecule has 0 aliphatic rings. The molecule has 5 heteroatoms. The molecular formula is C21H35O4P. The van der Waals surface area contributed by atoms with Gasteiger partial charge in [-0.1, -0.05) is 82.9 Å². The monoisotopic (exact) mass is 382 g/mol. The molecule has 0 spiro atoms. The number of hydrogen-bond donors (Lipinski definition) is 1. The fourth-order valence-corrected chi connectivity index (χ4v) is 4.26. The van der Waals surface area contributed by atoms with Crippen LogP contribution in [0.25, 0.3) is 0 Å². The van der Waals surface area contributed by atoms with Crippen molar-refractivity contribution in [2.45, 2.75) is 77.6 Å². The second kappa shape index (κ2) is 14.0. The van der Waals surface area contributed by atoms with Gasteiger partial charge >= 0.3 is 5.97 Å². The molecule has 1 aromatic rings. The number of carbonyl (C=O) groups is 1. The summed E-state index contributed by atoms with van der Waals surface area (Å²) in [5.41, 5.74) is 0. The van der Waals surface area contributed by atoms with E-state index in [-0.39, 0.29) is 18.6 Å². The van der Waals surface area contributed by atoms with Crippen molar-refractivity contribution in [3.05, 3.63) is 30.3 Å². The first-order chi connectivity index (χ1) is 12.6. The van der Waals surface area contributed by atoms with E-state index in [0.29, 0.717) is 11.9 Å². The van der Waals surface area contributed by atoms with E-state index in [4.69, 9.17) is 4.74 Å². The zero-order valence-corrected chi connectivity index (χ0v) is 17.1. The summed E-state index contributed by atoms with van der Waals surface area (Å²) < 4.78 is 17.4. The summed E-state index contributed by atoms with van der Waals surface area (Å²) >= 11 is 0. The number of hydrogen-bond acceptors (Lipinski definition) is 3. The van der Waals surface area contributed by atoms with Crippen LogP contribution in [-0.2, 0) is 14.1 Å². The Morgan fingerprint density at radius 3 is 2.04 bits per heavy atom. The number of carbonyl (C=O) groups excluding carboxylic acids is 1. The van der Waals surface area contributed by atoms with Crippen molar-refractivity contribution in [2.75, 3.05) is 12.8 Å². The van der Waals surface area contributed by atoms with Crippen LogP contribution in [0, 0.1) is 0 Å². The average molecular weight is 382 g/mol. The van der Waals surface area contributed by atoms with E-state index < -0.39 is 7.37 Å². The fraction of sp³-hybridized carbons (Fsp3) is 0.667. The highest BCUT2D eigenvalue weighted by Gasteiger charge is 2.22. The molecule has 0 aromatic heterocycles. The molecule has 0 saturated carbocycles. The highest BCUT2D eigenvalue weighted by atomic mass is 31.2. The van der Waals surface area contributed by atoms with Crippen LogP contribution < -0.4 is 5.30 Å². The molecule has 0 radical (unpaired) electrons. The maximum atomic E-state index is 12.2. The number of esters is 1. The quantitative estimate of drug-likeness (QED) is 0.249. The van der Waals surface area contributed by atoms with Crippen LogP contribution in [0.4, 0.5) is 0 Å². The van der Waals surface area contributed by atoms with Gasteiger partial charge in [-0.15, -0.1) is 0 Å². The topological polar surface area (TPSA) is 63.6 Å². The lowest BCUT2D eigenvalue weighted by Crippen LogP contribution is -2.12. The largest absolute Gasteiger partial charge is 0.466 e. The molecule has 1 rings (SSSR count). The van der Waals surface area contributed by atoms with E-state index in [2.05, 4.69) is 6.92 Å². The molecule has 0 aliphatic heterocycles. The number of benzene rings is 1. The first-order valence-corrected chi connectivity index (χ1v) is 11.9. The molecule has 0 heterocycles. The summed E-state index contributed by atoms with van der Waals surface area (Å²) in [5, 5.41) is 0.391. The number of unbranched alkanes of at least 4 members (excludes halogenated alkanes) is 9. The van der Waals surface area contributed by atoms with Crippen molar-refractivity contribution in [1.82, 2.24) is 0 Å². The minimum absolute atomic E-state index is 0.0135. The number of ether oxygens (including phenoxy) is 1. The van der Waals surface area contributed by atoms with Gasteiger partial charge in [0.2, 0.25) is 7.37 Å². The van der Waals surface area contributed by atoms with Crippen LogP contribution in [0.1, 0.15) is 77.6 Å². The van der Waals surface area contributed by atoms with Crippen LogP contribution in [-0.4, -0.2) is 23.6 Å². The van der Waals surface area contributed by atoms with Crippen LogP contribution in [0.3, 0.4) is 0 Å². The van der Waals surface area contributed by atoms with E-state index >= 15 is 0 Å². The molecule has 148 valence electrons. The predicted octanol–water partition coefficient (Wildman–Crippen LogP) is 5.44.